The van der Waals surface area contributed by atoms with Gasteiger partial charge in [-0.3, -0.25) is 9.59 Å². The van der Waals surface area contributed by atoms with E-state index < -0.39 is 23.8 Å². The summed E-state index contributed by atoms with van der Waals surface area (Å²) in [6.45, 7) is 4.05. The van der Waals surface area contributed by atoms with Crippen molar-refractivity contribution in [3.05, 3.63) is 16.5 Å². The van der Waals surface area contributed by atoms with Crippen molar-refractivity contribution in [3.8, 4) is 0 Å². The third kappa shape index (κ3) is 3.49. The molecule has 2 saturated carbocycles. The van der Waals surface area contributed by atoms with E-state index in [9.17, 15) is 19.5 Å². The summed E-state index contributed by atoms with van der Waals surface area (Å²) in [5, 5.41) is 12.9. The maximum absolute atomic E-state index is 12.9. The SMILES string of the molecule is CCCc1cc(C(=O)OCC)c(NC(=O)[C@@H]2[C@@H]3CC[C@@H](C3)[C@@H]2C(=O)O)s1. The highest BCUT2D eigenvalue weighted by atomic mass is 32.1. The first-order valence-corrected chi connectivity index (χ1v) is 10.1. The molecule has 4 atom stereocenters. The zero-order chi connectivity index (χ0) is 18.8. The van der Waals surface area contributed by atoms with Gasteiger partial charge in [0.25, 0.3) is 0 Å². The number of fused-ring (bicyclic) bond motifs is 2. The highest BCUT2D eigenvalue weighted by Crippen LogP contribution is 2.52. The van der Waals surface area contributed by atoms with Gasteiger partial charge in [0.15, 0.2) is 0 Å². The van der Waals surface area contributed by atoms with Crippen molar-refractivity contribution < 1.29 is 24.2 Å². The van der Waals surface area contributed by atoms with Crippen LogP contribution < -0.4 is 5.32 Å². The van der Waals surface area contributed by atoms with Gasteiger partial charge < -0.3 is 15.2 Å². The number of carbonyl (C=O) groups is 3. The van der Waals surface area contributed by atoms with Gasteiger partial charge in [-0.15, -0.1) is 11.3 Å². The van der Waals surface area contributed by atoms with Crippen molar-refractivity contribution in [1.82, 2.24) is 0 Å². The maximum Gasteiger partial charge on any atom is 0.341 e. The molecule has 142 valence electrons. The minimum Gasteiger partial charge on any atom is -0.481 e. The number of thiophene rings is 1. The molecule has 1 heterocycles. The van der Waals surface area contributed by atoms with Crippen molar-refractivity contribution in [1.29, 1.82) is 0 Å². The van der Waals surface area contributed by atoms with Crippen molar-refractivity contribution >= 4 is 34.2 Å². The number of carboxylic acid groups (broad SMARTS) is 1. The Kier molecular flexibility index (Phi) is 5.65. The fraction of sp³-hybridized carbons (Fsp3) is 0.632. The number of nitrogens with one attached hydrogen (secondary N) is 1. The molecule has 7 heteroatoms. The summed E-state index contributed by atoms with van der Waals surface area (Å²) in [4.78, 5) is 37.8. The molecule has 2 fully saturated rings. The van der Waals surface area contributed by atoms with Crippen LogP contribution in [0.25, 0.3) is 0 Å². The van der Waals surface area contributed by atoms with Crippen LogP contribution in [0.3, 0.4) is 0 Å². The van der Waals surface area contributed by atoms with Crippen molar-refractivity contribution in [2.45, 2.75) is 46.0 Å². The molecule has 3 rings (SSSR count). The fourth-order valence-electron chi connectivity index (χ4n) is 4.48. The number of anilines is 1. The van der Waals surface area contributed by atoms with E-state index >= 15 is 0 Å². The number of aryl methyl sites for hydroxylation is 1. The largest absolute Gasteiger partial charge is 0.481 e. The maximum atomic E-state index is 12.9. The van der Waals surface area contributed by atoms with Crippen molar-refractivity contribution in [3.63, 3.8) is 0 Å². The molecule has 1 aromatic heterocycles. The zero-order valence-electron chi connectivity index (χ0n) is 15.1. The molecule has 0 unspecified atom stereocenters. The Hall–Kier alpha value is -1.89. The zero-order valence-corrected chi connectivity index (χ0v) is 15.9. The number of amides is 1. The van der Waals surface area contributed by atoms with Crippen molar-refractivity contribution in [2.24, 2.45) is 23.7 Å². The first-order chi connectivity index (χ1) is 12.5. The van der Waals surface area contributed by atoms with Gasteiger partial charge in [0.2, 0.25) is 5.91 Å². The second-order valence-electron chi connectivity index (χ2n) is 7.14. The summed E-state index contributed by atoms with van der Waals surface area (Å²) in [5.74, 6) is -2.53. The number of esters is 1. The van der Waals surface area contributed by atoms with E-state index in [1.165, 1.54) is 11.3 Å². The number of hydrogen-bond acceptors (Lipinski definition) is 5. The lowest BCUT2D eigenvalue weighted by molar-refractivity contribution is -0.148. The fourth-order valence-corrected chi connectivity index (χ4v) is 5.63. The Morgan fingerprint density at radius 2 is 1.92 bits per heavy atom. The highest BCUT2D eigenvalue weighted by Gasteiger charge is 2.54. The second kappa shape index (κ2) is 7.78. The van der Waals surface area contributed by atoms with Gasteiger partial charge in [0.05, 0.1) is 24.0 Å². The van der Waals surface area contributed by atoms with E-state index in [-0.39, 0.29) is 24.3 Å². The van der Waals surface area contributed by atoms with E-state index in [4.69, 9.17) is 4.74 Å². The molecule has 0 spiro atoms. The number of hydrogen-bond donors (Lipinski definition) is 2. The third-order valence-corrected chi connectivity index (χ3v) is 6.63. The predicted octanol–water partition coefficient (Wildman–Crippen LogP) is 3.56. The minimum atomic E-state index is -0.888. The Labute approximate surface area is 156 Å². The number of aliphatic carboxylic acids is 1. The lowest BCUT2D eigenvalue weighted by atomic mass is 9.79. The molecule has 0 aromatic carbocycles. The molecule has 0 aliphatic heterocycles. The summed E-state index contributed by atoms with van der Waals surface area (Å²) >= 11 is 1.37. The normalized spacial score (nSPS) is 26.7. The van der Waals surface area contributed by atoms with Crippen LogP contribution in [0.5, 0.6) is 0 Å². The number of carboxylic acids is 1. The summed E-state index contributed by atoms with van der Waals surface area (Å²) in [6.07, 6.45) is 4.36. The van der Waals surface area contributed by atoms with Gasteiger partial charge >= 0.3 is 11.9 Å². The van der Waals surface area contributed by atoms with Crippen LogP contribution in [-0.2, 0) is 20.7 Å². The molecule has 2 aliphatic rings. The van der Waals surface area contributed by atoms with Gasteiger partial charge in [0.1, 0.15) is 5.00 Å². The lowest BCUT2D eigenvalue weighted by Gasteiger charge is -2.26. The van der Waals surface area contributed by atoms with E-state index in [0.717, 1.165) is 37.0 Å². The van der Waals surface area contributed by atoms with Crippen LogP contribution in [0.1, 0.15) is 54.8 Å². The Morgan fingerprint density at radius 3 is 2.54 bits per heavy atom. The summed E-state index contributed by atoms with van der Waals surface area (Å²) < 4.78 is 5.10. The van der Waals surface area contributed by atoms with Crippen LogP contribution in [0.15, 0.2) is 6.07 Å². The Morgan fingerprint density at radius 1 is 1.23 bits per heavy atom. The monoisotopic (exact) mass is 379 g/mol. The molecule has 1 amide bonds. The molecule has 26 heavy (non-hydrogen) atoms. The average molecular weight is 379 g/mol. The molecule has 0 saturated heterocycles. The first kappa shape index (κ1) is 18.9. The molecule has 0 radical (unpaired) electrons. The van der Waals surface area contributed by atoms with Crippen LogP contribution in [0.2, 0.25) is 0 Å². The third-order valence-electron chi connectivity index (χ3n) is 5.52. The number of rotatable bonds is 7. The highest BCUT2D eigenvalue weighted by molar-refractivity contribution is 7.16. The molecule has 6 nitrogen and oxygen atoms in total. The molecular weight excluding hydrogens is 354 g/mol. The van der Waals surface area contributed by atoms with Gasteiger partial charge in [-0.25, -0.2) is 4.79 Å². The van der Waals surface area contributed by atoms with Crippen LogP contribution in [0.4, 0.5) is 5.00 Å². The van der Waals surface area contributed by atoms with E-state index in [1.807, 2.05) is 0 Å². The second-order valence-corrected chi connectivity index (χ2v) is 8.27. The Balaban J connectivity index is 1.82. The van der Waals surface area contributed by atoms with Crippen LogP contribution in [0, 0.1) is 23.7 Å². The topological polar surface area (TPSA) is 92.7 Å². The van der Waals surface area contributed by atoms with Gasteiger partial charge in [-0.1, -0.05) is 13.3 Å². The molecular formula is C19H25NO5S. The quantitative estimate of drug-likeness (QED) is 0.707. The molecule has 1 aromatic rings. The molecule has 2 bridgehead atoms. The van der Waals surface area contributed by atoms with Gasteiger partial charge in [-0.05, 0) is 50.5 Å². The summed E-state index contributed by atoms with van der Waals surface area (Å²) in [7, 11) is 0. The summed E-state index contributed by atoms with van der Waals surface area (Å²) in [6, 6.07) is 1.78. The lowest BCUT2D eigenvalue weighted by Crippen LogP contribution is -2.37. The van der Waals surface area contributed by atoms with Gasteiger partial charge in [0, 0.05) is 4.88 Å². The summed E-state index contributed by atoms with van der Waals surface area (Å²) in [5.41, 5.74) is 0.365. The van der Waals surface area contributed by atoms with Crippen LogP contribution in [-0.4, -0.2) is 29.6 Å². The first-order valence-electron chi connectivity index (χ1n) is 9.29. The minimum absolute atomic E-state index is 0.0942. The molecule has 2 N–H and O–H groups in total. The standard InChI is InChI=1S/C19H25NO5S/c1-3-5-12-9-13(19(24)25-4-2)17(26-12)20-16(21)14-10-6-7-11(8-10)15(14)18(22)23/h9-11,14-15H,3-8H2,1-2H3,(H,20,21)(H,22,23)/t10-,11+,14-,15+/m1/s1. The van der Waals surface area contributed by atoms with E-state index in [1.54, 1.807) is 13.0 Å². The van der Waals surface area contributed by atoms with Gasteiger partial charge in [-0.2, -0.15) is 0 Å². The smallest absolute Gasteiger partial charge is 0.341 e. The predicted molar refractivity (Wildman–Crippen MR) is 98.3 cm³/mol. The number of carbonyl (C=O) groups excluding carboxylic acids is 2. The van der Waals surface area contributed by atoms with Crippen molar-refractivity contribution in [2.75, 3.05) is 11.9 Å². The van der Waals surface area contributed by atoms with E-state index in [2.05, 4.69) is 12.2 Å². The number of ether oxygens (including phenoxy) is 1. The van der Waals surface area contributed by atoms with E-state index in [0.29, 0.717) is 10.6 Å². The van der Waals surface area contributed by atoms with Crippen LogP contribution >= 0.6 is 11.3 Å². The Bertz CT molecular complexity index is 713. The molecule has 2 aliphatic carbocycles. The average Bonchev–Trinajstić information content (AvgIpc) is 3.29.